The summed E-state index contributed by atoms with van der Waals surface area (Å²) < 4.78 is 11.2. The zero-order chi connectivity index (χ0) is 46.7. The van der Waals surface area contributed by atoms with Crippen LogP contribution in [0.25, 0.3) is 0 Å². The second-order valence-corrected chi connectivity index (χ2v) is 19.9. The minimum atomic E-state index is -1.60. The van der Waals surface area contributed by atoms with Crippen LogP contribution in [0.2, 0.25) is 0 Å². The molecule has 0 unspecified atom stereocenters. The van der Waals surface area contributed by atoms with Crippen molar-refractivity contribution in [2.24, 2.45) is 0 Å². The third-order valence-electron chi connectivity index (χ3n) is 13.8. The van der Waals surface area contributed by atoms with Crippen LogP contribution in [-0.2, 0) is 14.3 Å². The largest absolute Gasteiger partial charge is 0.394 e. The van der Waals surface area contributed by atoms with Gasteiger partial charge in [-0.15, -0.1) is 0 Å². The predicted octanol–water partition coefficient (Wildman–Crippen LogP) is 12.0. The van der Waals surface area contributed by atoms with E-state index in [1.165, 1.54) is 212 Å². The SMILES string of the molecule is CCCCCCCCCCCCCCCCCCCCCCCCCC(=O)N[C@@H](CO[C@H]1O[C@H](CO)[C@H](O)[C@H](O)[C@H]1O)[C@H](O)[C@H](O)CCCCCCCCCCCCCCCCCC. The fourth-order valence-electron chi connectivity index (χ4n) is 9.32. The summed E-state index contributed by atoms with van der Waals surface area (Å²) in [5, 5.41) is 65.5. The maximum atomic E-state index is 13.1. The van der Waals surface area contributed by atoms with E-state index in [-0.39, 0.29) is 18.9 Å². The number of rotatable bonds is 48. The number of nitrogens with one attached hydrogen (secondary N) is 1. The monoisotopic (exact) mass is 914 g/mol. The van der Waals surface area contributed by atoms with Gasteiger partial charge in [0, 0.05) is 6.42 Å². The third-order valence-corrected chi connectivity index (χ3v) is 13.8. The zero-order valence-corrected chi connectivity index (χ0v) is 41.9. The van der Waals surface area contributed by atoms with Crippen molar-refractivity contribution >= 4 is 5.91 Å². The van der Waals surface area contributed by atoms with Gasteiger partial charge in [-0.3, -0.25) is 4.79 Å². The van der Waals surface area contributed by atoms with Gasteiger partial charge in [0.05, 0.1) is 25.4 Å². The molecule has 0 radical (unpaired) electrons. The van der Waals surface area contributed by atoms with E-state index >= 15 is 0 Å². The van der Waals surface area contributed by atoms with Gasteiger partial charge >= 0.3 is 0 Å². The molecule has 0 aromatic rings. The fourth-order valence-corrected chi connectivity index (χ4v) is 9.32. The Balaban J connectivity index is 2.26. The predicted molar refractivity (Wildman–Crippen MR) is 264 cm³/mol. The van der Waals surface area contributed by atoms with E-state index in [4.69, 9.17) is 9.47 Å². The molecule has 382 valence electrons. The molecule has 10 nitrogen and oxygen atoms in total. The van der Waals surface area contributed by atoms with Gasteiger partial charge in [-0.1, -0.05) is 258 Å². The fraction of sp³-hybridized carbons (Fsp3) is 0.981. The van der Waals surface area contributed by atoms with Gasteiger partial charge in [0.25, 0.3) is 0 Å². The van der Waals surface area contributed by atoms with Gasteiger partial charge in [0.15, 0.2) is 6.29 Å². The molecule has 10 heteroatoms. The highest BCUT2D eigenvalue weighted by atomic mass is 16.7. The number of hydrogen-bond donors (Lipinski definition) is 7. The Hall–Kier alpha value is -0.850. The van der Waals surface area contributed by atoms with Crippen molar-refractivity contribution in [3.8, 4) is 0 Å². The maximum Gasteiger partial charge on any atom is 0.220 e. The van der Waals surface area contributed by atoms with Crippen LogP contribution < -0.4 is 5.32 Å². The number of carbonyl (C=O) groups is 1. The smallest absolute Gasteiger partial charge is 0.220 e. The molecule has 1 saturated heterocycles. The summed E-state index contributed by atoms with van der Waals surface area (Å²) in [6, 6.07) is -0.986. The van der Waals surface area contributed by atoms with Crippen molar-refractivity contribution in [2.45, 2.75) is 326 Å². The van der Waals surface area contributed by atoms with E-state index < -0.39 is 55.6 Å². The Morgan fingerprint density at radius 2 is 0.812 bits per heavy atom. The number of amides is 1. The van der Waals surface area contributed by atoms with Crippen LogP contribution in [-0.4, -0.2) is 98.7 Å². The number of carbonyl (C=O) groups excluding carboxylic acids is 1. The second kappa shape index (κ2) is 44.6. The Labute approximate surface area is 394 Å². The van der Waals surface area contributed by atoms with Crippen LogP contribution in [0.15, 0.2) is 0 Å². The van der Waals surface area contributed by atoms with Gasteiger partial charge in [0.1, 0.15) is 30.5 Å². The molecule has 0 spiro atoms. The molecule has 7 N–H and O–H groups in total. The van der Waals surface area contributed by atoms with Crippen LogP contribution in [0.1, 0.15) is 277 Å². The minimum Gasteiger partial charge on any atom is -0.394 e. The number of unbranched alkanes of at least 4 members (excludes halogenated alkanes) is 37. The molecular weight excluding hydrogens is 807 g/mol. The lowest BCUT2D eigenvalue weighted by Crippen LogP contribution is -2.60. The molecule has 1 amide bonds. The first-order valence-electron chi connectivity index (χ1n) is 27.8. The standard InChI is InChI=1S/C54H107NO9/c1-3-5-7-9-11-13-15-17-19-21-22-23-24-25-26-27-29-31-33-35-37-39-41-43-49(58)55-46(45-63-54-53(62)52(61)51(60)48(44-56)64-54)50(59)47(57)42-40-38-36-34-32-30-28-20-18-16-14-12-10-8-6-4-2/h46-48,50-54,56-57,59-62H,3-45H2,1-2H3,(H,55,58)/t46-,47+,48+,50-,51-,52-,53+,54-/m0/s1. The summed E-state index contributed by atoms with van der Waals surface area (Å²) in [5.41, 5.74) is 0. The maximum absolute atomic E-state index is 13.1. The molecular formula is C54H107NO9. The van der Waals surface area contributed by atoms with Crippen molar-refractivity contribution in [2.75, 3.05) is 13.2 Å². The van der Waals surface area contributed by atoms with Crippen LogP contribution in [0.3, 0.4) is 0 Å². The Morgan fingerprint density at radius 3 is 1.16 bits per heavy atom. The Morgan fingerprint density at radius 1 is 0.484 bits per heavy atom. The normalized spacial score (nSPS) is 20.4. The average molecular weight is 914 g/mol. The van der Waals surface area contributed by atoms with E-state index in [9.17, 15) is 35.4 Å². The average Bonchev–Trinajstić information content (AvgIpc) is 3.29. The first-order valence-corrected chi connectivity index (χ1v) is 27.8. The summed E-state index contributed by atoms with van der Waals surface area (Å²) >= 11 is 0. The minimum absolute atomic E-state index is 0.250. The van der Waals surface area contributed by atoms with Crippen LogP contribution in [0, 0.1) is 0 Å². The summed E-state index contributed by atoms with van der Waals surface area (Å²) in [6.45, 7) is 3.65. The third kappa shape index (κ3) is 33.6. The molecule has 1 fully saturated rings. The lowest BCUT2D eigenvalue weighted by Gasteiger charge is -2.40. The van der Waals surface area contributed by atoms with E-state index in [0.29, 0.717) is 6.42 Å². The topological polar surface area (TPSA) is 169 Å². The lowest BCUT2D eigenvalue weighted by atomic mass is 9.98. The molecule has 8 atom stereocenters. The highest BCUT2D eigenvalue weighted by Gasteiger charge is 2.44. The summed E-state index contributed by atoms with van der Waals surface area (Å²) in [4.78, 5) is 13.1. The summed E-state index contributed by atoms with van der Waals surface area (Å²) in [5.74, 6) is -0.250. The molecule has 1 heterocycles. The van der Waals surface area contributed by atoms with Crippen LogP contribution >= 0.6 is 0 Å². The molecule has 0 aromatic heterocycles. The molecule has 0 saturated carbocycles. The zero-order valence-electron chi connectivity index (χ0n) is 41.9. The van der Waals surface area contributed by atoms with Crippen molar-refractivity contribution < 1.29 is 44.9 Å². The van der Waals surface area contributed by atoms with Gasteiger partial charge < -0.3 is 45.4 Å². The van der Waals surface area contributed by atoms with Crippen molar-refractivity contribution in [1.29, 1.82) is 0 Å². The molecule has 1 rings (SSSR count). The second-order valence-electron chi connectivity index (χ2n) is 19.9. The van der Waals surface area contributed by atoms with Gasteiger partial charge in [0.2, 0.25) is 5.91 Å². The quantitative estimate of drug-likeness (QED) is 0.0294. The van der Waals surface area contributed by atoms with E-state index in [1.807, 2.05) is 0 Å². The van der Waals surface area contributed by atoms with Crippen molar-refractivity contribution in [1.82, 2.24) is 5.32 Å². The highest BCUT2D eigenvalue weighted by molar-refractivity contribution is 5.76. The number of aliphatic hydroxyl groups excluding tert-OH is 6. The van der Waals surface area contributed by atoms with Crippen LogP contribution in [0.5, 0.6) is 0 Å². The summed E-state index contributed by atoms with van der Waals surface area (Å²) in [6.07, 6.45) is 41.1. The first kappa shape index (κ1) is 61.2. The van der Waals surface area contributed by atoms with Gasteiger partial charge in [-0.25, -0.2) is 0 Å². The number of hydrogen-bond acceptors (Lipinski definition) is 9. The van der Waals surface area contributed by atoms with Crippen LogP contribution in [0.4, 0.5) is 0 Å². The van der Waals surface area contributed by atoms with Crippen molar-refractivity contribution in [3.05, 3.63) is 0 Å². The Bertz CT molecular complexity index is 988. The molecule has 1 aliphatic rings. The van der Waals surface area contributed by atoms with E-state index in [1.54, 1.807) is 0 Å². The first-order chi connectivity index (χ1) is 31.3. The number of ether oxygens (including phenoxy) is 2. The summed E-state index contributed by atoms with van der Waals surface area (Å²) in [7, 11) is 0. The lowest BCUT2D eigenvalue weighted by molar-refractivity contribution is -0.303. The molecule has 0 bridgehead atoms. The number of aliphatic hydroxyl groups is 6. The van der Waals surface area contributed by atoms with E-state index in [0.717, 1.165) is 38.5 Å². The molecule has 1 aliphatic heterocycles. The molecule has 64 heavy (non-hydrogen) atoms. The highest BCUT2D eigenvalue weighted by Crippen LogP contribution is 2.23. The Kier molecular flexibility index (Phi) is 42.7. The van der Waals surface area contributed by atoms with Gasteiger partial charge in [-0.05, 0) is 12.8 Å². The van der Waals surface area contributed by atoms with Gasteiger partial charge in [-0.2, -0.15) is 0 Å². The van der Waals surface area contributed by atoms with Crippen molar-refractivity contribution in [3.63, 3.8) is 0 Å². The molecule has 0 aliphatic carbocycles. The molecule has 0 aromatic carbocycles. The van der Waals surface area contributed by atoms with E-state index in [2.05, 4.69) is 19.2 Å².